The molecule has 0 saturated heterocycles. The van der Waals surface area contributed by atoms with Crippen molar-refractivity contribution in [2.24, 2.45) is 0 Å². The topological polar surface area (TPSA) is 80.4 Å². The van der Waals surface area contributed by atoms with Crippen molar-refractivity contribution >= 4 is 11.9 Å². The molecule has 0 saturated carbocycles. The first-order chi connectivity index (χ1) is 9.56. The molecule has 20 heavy (non-hydrogen) atoms. The lowest BCUT2D eigenvalue weighted by molar-refractivity contribution is 0.292. The van der Waals surface area contributed by atoms with Crippen LogP contribution in [0.15, 0.2) is 0 Å². The fraction of sp³-hybridized carbons (Fsp3) is 0.769. The first-order valence-electron chi connectivity index (χ1n) is 7.10. The molecule has 0 atom stereocenters. The third kappa shape index (κ3) is 5.56. The normalized spacial score (nSPS) is 10.8. The summed E-state index contributed by atoms with van der Waals surface area (Å²) < 4.78 is 5.44. The van der Waals surface area contributed by atoms with Gasteiger partial charge in [-0.2, -0.15) is 15.0 Å². The van der Waals surface area contributed by atoms with Gasteiger partial charge in [0.05, 0.1) is 6.61 Å². The molecule has 1 aromatic heterocycles. The van der Waals surface area contributed by atoms with Crippen LogP contribution in [0.2, 0.25) is 0 Å². The average molecular weight is 282 g/mol. The van der Waals surface area contributed by atoms with Crippen LogP contribution in [0.25, 0.3) is 0 Å². The first kappa shape index (κ1) is 16.4. The highest BCUT2D eigenvalue weighted by atomic mass is 16.5. The molecule has 0 bridgehead atoms. The van der Waals surface area contributed by atoms with Crippen LogP contribution >= 0.6 is 0 Å². The molecule has 0 aliphatic rings. The number of nitrogens with two attached hydrogens (primary N) is 1. The van der Waals surface area contributed by atoms with Crippen molar-refractivity contribution in [3.05, 3.63) is 0 Å². The summed E-state index contributed by atoms with van der Waals surface area (Å²) in [4.78, 5) is 16.8. The van der Waals surface area contributed by atoms with E-state index < -0.39 is 0 Å². The lowest BCUT2D eigenvalue weighted by Crippen LogP contribution is -2.29. The number of aromatic nitrogens is 3. The molecule has 0 aliphatic carbocycles. The Morgan fingerprint density at radius 3 is 2.45 bits per heavy atom. The summed E-state index contributed by atoms with van der Waals surface area (Å²) in [6.07, 6.45) is 1.94. The van der Waals surface area contributed by atoms with Crippen molar-refractivity contribution in [2.75, 3.05) is 51.0 Å². The third-order valence-corrected chi connectivity index (χ3v) is 2.75. The van der Waals surface area contributed by atoms with Crippen molar-refractivity contribution in [1.29, 1.82) is 0 Å². The zero-order valence-corrected chi connectivity index (χ0v) is 13.0. The van der Waals surface area contributed by atoms with Crippen molar-refractivity contribution in [2.45, 2.75) is 26.7 Å². The van der Waals surface area contributed by atoms with Gasteiger partial charge in [-0.05, 0) is 40.4 Å². The highest BCUT2D eigenvalue weighted by Crippen LogP contribution is 2.14. The minimum absolute atomic E-state index is 0.201. The van der Waals surface area contributed by atoms with E-state index in [1.54, 1.807) is 0 Å². The molecule has 1 rings (SSSR count). The molecule has 0 aliphatic heterocycles. The molecule has 0 amide bonds. The Kier molecular flexibility index (Phi) is 7.00. The van der Waals surface area contributed by atoms with Gasteiger partial charge in [0, 0.05) is 13.1 Å². The standard InChI is InChI=1S/C13H26N6O/c1-5-10-20-13-16-11(14)15-12(17-13)19(6-2)9-7-8-18(3)4/h5-10H2,1-4H3,(H2,14,15,16,17). The highest BCUT2D eigenvalue weighted by Gasteiger charge is 2.11. The van der Waals surface area contributed by atoms with Gasteiger partial charge in [0.2, 0.25) is 11.9 Å². The molecule has 0 fully saturated rings. The van der Waals surface area contributed by atoms with E-state index in [4.69, 9.17) is 10.5 Å². The molecule has 7 nitrogen and oxygen atoms in total. The Balaban J connectivity index is 2.72. The molecule has 0 radical (unpaired) electrons. The van der Waals surface area contributed by atoms with Gasteiger partial charge in [0.15, 0.2) is 0 Å². The van der Waals surface area contributed by atoms with Crippen LogP contribution in [-0.2, 0) is 0 Å². The van der Waals surface area contributed by atoms with E-state index in [1.807, 2.05) is 6.92 Å². The van der Waals surface area contributed by atoms with Crippen LogP contribution in [0.3, 0.4) is 0 Å². The van der Waals surface area contributed by atoms with Crippen molar-refractivity contribution in [3.63, 3.8) is 0 Å². The van der Waals surface area contributed by atoms with Crippen molar-refractivity contribution < 1.29 is 4.74 Å². The van der Waals surface area contributed by atoms with E-state index in [-0.39, 0.29) is 5.95 Å². The predicted molar refractivity (Wildman–Crippen MR) is 81.1 cm³/mol. The van der Waals surface area contributed by atoms with Gasteiger partial charge in [-0.15, -0.1) is 0 Å². The first-order valence-corrected chi connectivity index (χ1v) is 7.10. The van der Waals surface area contributed by atoms with Crippen LogP contribution in [0.5, 0.6) is 6.01 Å². The molecular weight excluding hydrogens is 256 g/mol. The second-order valence-electron chi connectivity index (χ2n) is 4.86. The fourth-order valence-electron chi connectivity index (χ4n) is 1.74. The number of nitrogens with zero attached hydrogens (tertiary/aromatic N) is 5. The number of rotatable bonds is 9. The summed E-state index contributed by atoms with van der Waals surface area (Å²) in [7, 11) is 4.13. The summed E-state index contributed by atoms with van der Waals surface area (Å²) >= 11 is 0. The monoisotopic (exact) mass is 282 g/mol. The van der Waals surface area contributed by atoms with E-state index >= 15 is 0 Å². The van der Waals surface area contributed by atoms with E-state index in [0.717, 1.165) is 32.5 Å². The number of hydrogen-bond acceptors (Lipinski definition) is 7. The van der Waals surface area contributed by atoms with Crippen LogP contribution in [0.4, 0.5) is 11.9 Å². The number of nitrogen functional groups attached to an aromatic ring is 1. The molecule has 1 heterocycles. The lowest BCUT2D eigenvalue weighted by atomic mass is 10.3. The Bertz CT molecular complexity index is 398. The molecule has 2 N–H and O–H groups in total. The van der Waals surface area contributed by atoms with E-state index in [2.05, 4.69) is 45.8 Å². The Hall–Kier alpha value is -1.63. The highest BCUT2D eigenvalue weighted by molar-refractivity contribution is 5.35. The maximum Gasteiger partial charge on any atom is 0.323 e. The number of hydrogen-bond donors (Lipinski definition) is 1. The number of anilines is 2. The SMILES string of the molecule is CCCOc1nc(N)nc(N(CC)CCCN(C)C)n1. The quantitative estimate of drug-likeness (QED) is 0.724. The van der Waals surface area contributed by atoms with Crippen LogP contribution < -0.4 is 15.4 Å². The molecule has 7 heteroatoms. The minimum atomic E-state index is 0.201. The largest absolute Gasteiger partial charge is 0.463 e. The molecular formula is C13H26N6O. The van der Waals surface area contributed by atoms with Gasteiger partial charge >= 0.3 is 6.01 Å². The molecule has 114 valence electrons. The van der Waals surface area contributed by atoms with Gasteiger partial charge in [-0.1, -0.05) is 6.92 Å². The Labute approximate surface area is 121 Å². The van der Waals surface area contributed by atoms with E-state index in [1.165, 1.54) is 0 Å². The predicted octanol–water partition coefficient (Wildman–Crippen LogP) is 1.02. The summed E-state index contributed by atoms with van der Waals surface area (Å²) in [6.45, 7) is 7.41. The zero-order valence-electron chi connectivity index (χ0n) is 13.0. The van der Waals surface area contributed by atoms with Gasteiger partial charge in [-0.25, -0.2) is 0 Å². The molecule has 0 spiro atoms. The second kappa shape index (κ2) is 8.52. The Morgan fingerprint density at radius 1 is 1.10 bits per heavy atom. The third-order valence-electron chi connectivity index (χ3n) is 2.75. The summed E-state index contributed by atoms with van der Waals surface area (Å²) in [5.74, 6) is 0.789. The summed E-state index contributed by atoms with van der Waals surface area (Å²) in [6, 6.07) is 0.306. The fourth-order valence-corrected chi connectivity index (χ4v) is 1.74. The van der Waals surface area contributed by atoms with Gasteiger partial charge in [0.25, 0.3) is 0 Å². The summed E-state index contributed by atoms with van der Waals surface area (Å²) in [5.41, 5.74) is 5.72. The minimum Gasteiger partial charge on any atom is -0.463 e. The molecule has 0 aromatic carbocycles. The maximum atomic E-state index is 5.72. The number of ether oxygens (including phenoxy) is 1. The van der Waals surface area contributed by atoms with Crippen LogP contribution in [0.1, 0.15) is 26.7 Å². The second-order valence-corrected chi connectivity index (χ2v) is 4.86. The van der Waals surface area contributed by atoms with Crippen LogP contribution in [0, 0.1) is 0 Å². The average Bonchev–Trinajstić information content (AvgIpc) is 2.40. The maximum absolute atomic E-state index is 5.72. The molecule has 1 aromatic rings. The zero-order chi connectivity index (χ0) is 15.0. The Morgan fingerprint density at radius 2 is 1.85 bits per heavy atom. The van der Waals surface area contributed by atoms with Gasteiger partial charge in [0.1, 0.15) is 0 Å². The smallest absolute Gasteiger partial charge is 0.323 e. The van der Waals surface area contributed by atoms with Gasteiger partial charge < -0.3 is 20.3 Å². The van der Waals surface area contributed by atoms with Gasteiger partial charge in [-0.3, -0.25) is 0 Å². The van der Waals surface area contributed by atoms with E-state index in [9.17, 15) is 0 Å². The van der Waals surface area contributed by atoms with Crippen molar-refractivity contribution in [3.8, 4) is 6.01 Å². The van der Waals surface area contributed by atoms with Crippen LogP contribution in [-0.4, -0.2) is 60.2 Å². The molecule has 0 unspecified atom stereocenters. The van der Waals surface area contributed by atoms with Crippen molar-refractivity contribution in [1.82, 2.24) is 19.9 Å². The lowest BCUT2D eigenvalue weighted by Gasteiger charge is -2.22. The van der Waals surface area contributed by atoms with E-state index in [0.29, 0.717) is 18.6 Å². The summed E-state index contributed by atoms with van der Waals surface area (Å²) in [5, 5.41) is 0.